The van der Waals surface area contributed by atoms with E-state index in [1.165, 1.54) is 0 Å². The highest BCUT2D eigenvalue weighted by Crippen LogP contribution is 2.58. The van der Waals surface area contributed by atoms with Gasteiger partial charge in [0.25, 0.3) is 0 Å². The first-order valence-electron chi connectivity index (χ1n) is 10.3. The first-order chi connectivity index (χ1) is 17.8. The van der Waals surface area contributed by atoms with Crippen LogP contribution in [0.4, 0.5) is 48.3 Å². The summed E-state index contributed by atoms with van der Waals surface area (Å²) in [6.07, 6.45) is -12.9. The summed E-state index contributed by atoms with van der Waals surface area (Å²) in [5.41, 5.74) is 5.17. The highest BCUT2D eigenvalue weighted by atomic mass is 32.2. The van der Waals surface area contributed by atoms with Crippen LogP contribution in [0.25, 0.3) is 0 Å². The zero-order valence-electron chi connectivity index (χ0n) is 19.5. The SMILES string of the molecule is N[C@@H](CCC(=O)N[C@@H](CSC(=O)CCC(F)(F)C(F)(F)C(F)(F)C(F)(F)C(F)(F)F)C(=O)NCC(=O)O)C(=O)O. The third-order valence-corrected chi connectivity index (χ3v) is 5.75. The molecule has 40 heavy (non-hydrogen) atoms. The Labute approximate surface area is 220 Å². The first kappa shape index (κ1) is 37.1. The van der Waals surface area contributed by atoms with Crippen LogP contribution in [0, 0.1) is 0 Å². The van der Waals surface area contributed by atoms with Gasteiger partial charge in [-0.2, -0.15) is 48.3 Å². The number of carbonyl (C=O) groups excluding carboxylic acids is 3. The highest BCUT2D eigenvalue weighted by molar-refractivity contribution is 8.13. The Morgan fingerprint density at radius 1 is 0.800 bits per heavy atom. The fourth-order valence-corrected chi connectivity index (χ4v) is 3.25. The Bertz CT molecular complexity index is 964. The number of carboxylic acid groups (broad SMARTS) is 2. The Morgan fingerprint density at radius 3 is 1.77 bits per heavy atom. The summed E-state index contributed by atoms with van der Waals surface area (Å²) in [6.45, 7) is -1.04. The van der Waals surface area contributed by atoms with Crippen molar-refractivity contribution in [3.8, 4) is 0 Å². The van der Waals surface area contributed by atoms with Crippen molar-refractivity contribution in [2.45, 2.75) is 67.6 Å². The molecule has 0 aromatic heterocycles. The van der Waals surface area contributed by atoms with E-state index in [1.807, 2.05) is 5.32 Å². The number of nitrogens with one attached hydrogen (secondary N) is 2. The Morgan fingerprint density at radius 2 is 1.32 bits per heavy atom. The molecule has 0 aliphatic carbocycles. The van der Waals surface area contributed by atoms with Crippen molar-refractivity contribution in [2.24, 2.45) is 5.73 Å². The molecule has 2 atom stereocenters. The molecule has 0 bridgehead atoms. The molecular weight excluding hydrogens is 611 g/mol. The number of carboxylic acids is 2. The predicted molar refractivity (Wildman–Crippen MR) is 110 cm³/mol. The third-order valence-electron chi connectivity index (χ3n) is 4.72. The summed E-state index contributed by atoms with van der Waals surface area (Å²) in [4.78, 5) is 57.1. The molecule has 0 aliphatic rings. The van der Waals surface area contributed by atoms with E-state index in [0.29, 0.717) is 0 Å². The third kappa shape index (κ3) is 9.34. The monoisotopic (exact) mass is 631 g/mol. The normalized spacial score (nSPS) is 14.7. The van der Waals surface area contributed by atoms with E-state index in [1.54, 1.807) is 5.32 Å². The van der Waals surface area contributed by atoms with Gasteiger partial charge in [-0.25, -0.2) is 0 Å². The standard InChI is InChI=1S/C18H20F11N3O7S/c19-14(20,15(21,22)16(23,24)17(25,26)18(27,28)29)4-3-11(36)40-6-8(12(37)31-5-10(34)35)32-9(33)2-1-7(30)13(38)39/h7-8H,1-6,30H2,(H,31,37)(H,32,33)(H,34,35)(H,38,39)/t7-,8-/m0/s1. The average Bonchev–Trinajstić information content (AvgIpc) is 2.80. The van der Waals surface area contributed by atoms with Crippen molar-refractivity contribution in [2.75, 3.05) is 12.3 Å². The number of aliphatic carboxylic acids is 2. The number of alkyl halides is 11. The second-order valence-electron chi connectivity index (χ2n) is 7.82. The molecule has 232 valence electrons. The maximum absolute atomic E-state index is 13.7. The number of rotatable bonds is 16. The number of amides is 2. The minimum Gasteiger partial charge on any atom is -0.480 e. The van der Waals surface area contributed by atoms with E-state index in [4.69, 9.17) is 15.9 Å². The van der Waals surface area contributed by atoms with E-state index in [-0.39, 0.29) is 11.8 Å². The van der Waals surface area contributed by atoms with Crippen molar-refractivity contribution >= 4 is 40.6 Å². The van der Waals surface area contributed by atoms with Gasteiger partial charge in [0.05, 0.1) is 0 Å². The summed E-state index contributed by atoms with van der Waals surface area (Å²) < 4.78 is 143. The van der Waals surface area contributed by atoms with E-state index >= 15 is 0 Å². The van der Waals surface area contributed by atoms with Gasteiger partial charge in [-0.3, -0.25) is 24.0 Å². The van der Waals surface area contributed by atoms with Gasteiger partial charge < -0.3 is 26.6 Å². The number of carbonyl (C=O) groups is 5. The van der Waals surface area contributed by atoms with Crippen LogP contribution in [0.2, 0.25) is 0 Å². The fraction of sp³-hybridized carbons (Fsp3) is 0.722. The molecule has 0 saturated carbocycles. The molecule has 22 heteroatoms. The molecule has 10 nitrogen and oxygen atoms in total. The summed E-state index contributed by atoms with van der Waals surface area (Å²) in [5.74, 6) is -35.2. The minimum atomic E-state index is -7.64. The highest BCUT2D eigenvalue weighted by Gasteiger charge is 2.86. The van der Waals surface area contributed by atoms with Gasteiger partial charge in [-0.15, -0.1) is 0 Å². The molecule has 0 radical (unpaired) electrons. The molecule has 0 aliphatic heterocycles. The summed E-state index contributed by atoms with van der Waals surface area (Å²) in [6, 6.07) is -3.37. The molecule has 0 fully saturated rings. The molecule has 0 heterocycles. The van der Waals surface area contributed by atoms with Gasteiger partial charge in [-0.1, -0.05) is 11.8 Å². The summed E-state index contributed by atoms with van der Waals surface area (Å²) in [5, 5.41) is 19.3. The predicted octanol–water partition coefficient (Wildman–Crippen LogP) is 2.01. The van der Waals surface area contributed by atoms with Crippen molar-refractivity contribution in [3.05, 3.63) is 0 Å². The van der Waals surface area contributed by atoms with Crippen LogP contribution >= 0.6 is 11.8 Å². The molecule has 0 aromatic carbocycles. The van der Waals surface area contributed by atoms with Gasteiger partial charge in [0.2, 0.25) is 11.8 Å². The quantitative estimate of drug-likeness (QED) is 0.160. The number of hydrogen-bond acceptors (Lipinski definition) is 7. The molecule has 0 aromatic rings. The smallest absolute Gasteiger partial charge is 0.460 e. The van der Waals surface area contributed by atoms with Gasteiger partial charge in [0.1, 0.15) is 18.6 Å². The van der Waals surface area contributed by atoms with Gasteiger partial charge in [0.15, 0.2) is 5.12 Å². The second-order valence-corrected chi connectivity index (χ2v) is 8.90. The van der Waals surface area contributed by atoms with E-state index < -0.39 is 109 Å². The van der Waals surface area contributed by atoms with Crippen LogP contribution < -0.4 is 16.4 Å². The number of hydrogen-bond donors (Lipinski definition) is 5. The maximum atomic E-state index is 13.7. The lowest BCUT2D eigenvalue weighted by molar-refractivity contribution is -0.422. The first-order valence-corrected chi connectivity index (χ1v) is 11.3. The lowest BCUT2D eigenvalue weighted by atomic mass is 9.95. The number of nitrogens with two attached hydrogens (primary N) is 1. The zero-order chi connectivity index (χ0) is 31.9. The van der Waals surface area contributed by atoms with Crippen LogP contribution in [0.3, 0.4) is 0 Å². The van der Waals surface area contributed by atoms with Crippen LogP contribution in [0.1, 0.15) is 25.7 Å². The molecule has 0 saturated heterocycles. The molecule has 6 N–H and O–H groups in total. The number of halogens is 11. The van der Waals surface area contributed by atoms with E-state index in [9.17, 15) is 72.3 Å². The maximum Gasteiger partial charge on any atom is 0.460 e. The Balaban J connectivity index is 5.44. The topological polar surface area (TPSA) is 176 Å². The fourth-order valence-electron chi connectivity index (χ4n) is 2.41. The van der Waals surface area contributed by atoms with Crippen LogP contribution in [-0.2, 0) is 24.0 Å². The molecule has 0 spiro atoms. The minimum absolute atomic E-state index is 0.188. The lowest BCUT2D eigenvalue weighted by Crippen LogP contribution is -2.66. The molecule has 0 unspecified atom stereocenters. The second kappa shape index (κ2) is 13.6. The van der Waals surface area contributed by atoms with Gasteiger partial charge >= 0.3 is 41.8 Å². The molecule has 0 rings (SSSR count). The van der Waals surface area contributed by atoms with Gasteiger partial charge in [-0.05, 0) is 6.42 Å². The van der Waals surface area contributed by atoms with Crippen molar-refractivity contribution in [3.63, 3.8) is 0 Å². The average molecular weight is 631 g/mol. The van der Waals surface area contributed by atoms with E-state index in [0.717, 1.165) is 0 Å². The van der Waals surface area contributed by atoms with Crippen molar-refractivity contribution < 1.29 is 82.5 Å². The molecular formula is C18H20F11N3O7S. The van der Waals surface area contributed by atoms with Crippen LogP contribution in [-0.4, -0.2) is 93.3 Å². The molecule has 2 amide bonds. The summed E-state index contributed by atoms with van der Waals surface area (Å²) in [7, 11) is 0. The Kier molecular flexibility index (Phi) is 12.6. The van der Waals surface area contributed by atoms with Crippen molar-refractivity contribution in [1.82, 2.24) is 10.6 Å². The lowest BCUT2D eigenvalue weighted by Gasteiger charge is -2.37. The van der Waals surface area contributed by atoms with Gasteiger partial charge in [0, 0.05) is 25.0 Å². The number of thioether (sulfide) groups is 1. The Hall–Kier alpha value is -2.91. The van der Waals surface area contributed by atoms with Crippen molar-refractivity contribution in [1.29, 1.82) is 0 Å². The summed E-state index contributed by atoms with van der Waals surface area (Å²) >= 11 is -0.188. The van der Waals surface area contributed by atoms with Crippen LogP contribution in [0.15, 0.2) is 0 Å². The largest absolute Gasteiger partial charge is 0.480 e. The van der Waals surface area contributed by atoms with E-state index in [2.05, 4.69) is 0 Å². The van der Waals surface area contributed by atoms with Crippen LogP contribution in [0.5, 0.6) is 0 Å². The zero-order valence-corrected chi connectivity index (χ0v) is 20.3.